The monoisotopic (exact) mass is 284 g/mol. The van der Waals surface area contributed by atoms with Gasteiger partial charge in [-0.1, -0.05) is 6.92 Å². The molecule has 0 amide bonds. The Morgan fingerprint density at radius 1 is 1.62 bits per heavy atom. The summed E-state index contributed by atoms with van der Waals surface area (Å²) in [5.41, 5.74) is 0.751. The van der Waals surface area contributed by atoms with Gasteiger partial charge in [-0.05, 0) is 48.0 Å². The van der Waals surface area contributed by atoms with Gasteiger partial charge in [-0.2, -0.15) is 5.10 Å². The SMILES string of the molecule is CCn1ncc(Br)c1C(=O)C1CCC(C)C1. The van der Waals surface area contributed by atoms with Crippen LogP contribution < -0.4 is 0 Å². The third-order valence-corrected chi connectivity index (χ3v) is 3.97. The molecule has 88 valence electrons. The molecule has 0 aliphatic heterocycles. The van der Waals surface area contributed by atoms with Gasteiger partial charge in [0.25, 0.3) is 0 Å². The Bertz CT molecular complexity index is 400. The first kappa shape index (κ1) is 11.8. The maximum Gasteiger partial charge on any atom is 0.185 e. The number of hydrogen-bond acceptors (Lipinski definition) is 2. The number of nitrogens with zero attached hydrogens (tertiary/aromatic N) is 2. The summed E-state index contributed by atoms with van der Waals surface area (Å²) in [6.07, 6.45) is 4.95. The van der Waals surface area contributed by atoms with Crippen LogP contribution in [0.1, 0.15) is 43.6 Å². The quantitative estimate of drug-likeness (QED) is 0.799. The van der Waals surface area contributed by atoms with Crippen LogP contribution in [0.2, 0.25) is 0 Å². The highest BCUT2D eigenvalue weighted by atomic mass is 79.9. The zero-order valence-electron chi connectivity index (χ0n) is 9.74. The van der Waals surface area contributed by atoms with Gasteiger partial charge in [-0.3, -0.25) is 9.48 Å². The van der Waals surface area contributed by atoms with Crippen molar-refractivity contribution in [1.29, 1.82) is 0 Å². The van der Waals surface area contributed by atoms with Crippen LogP contribution in [0.4, 0.5) is 0 Å². The number of ketones is 1. The summed E-state index contributed by atoms with van der Waals surface area (Å²) in [5, 5.41) is 4.19. The second-order valence-corrected chi connectivity index (χ2v) is 5.49. The van der Waals surface area contributed by atoms with E-state index in [2.05, 4.69) is 28.0 Å². The first-order chi connectivity index (χ1) is 7.63. The fraction of sp³-hybridized carbons (Fsp3) is 0.667. The number of hydrogen-bond donors (Lipinski definition) is 0. The minimum Gasteiger partial charge on any atom is -0.292 e. The summed E-state index contributed by atoms with van der Waals surface area (Å²) >= 11 is 3.42. The highest BCUT2D eigenvalue weighted by molar-refractivity contribution is 9.10. The van der Waals surface area contributed by atoms with Gasteiger partial charge >= 0.3 is 0 Å². The van der Waals surface area contributed by atoms with E-state index in [-0.39, 0.29) is 11.7 Å². The highest BCUT2D eigenvalue weighted by Gasteiger charge is 2.31. The molecule has 1 heterocycles. The van der Waals surface area contributed by atoms with E-state index in [1.807, 2.05) is 6.92 Å². The molecule has 0 radical (unpaired) electrons. The van der Waals surface area contributed by atoms with Gasteiger partial charge in [0.05, 0.1) is 10.7 Å². The van der Waals surface area contributed by atoms with E-state index in [0.717, 1.165) is 29.6 Å². The van der Waals surface area contributed by atoms with Crippen LogP contribution in [-0.2, 0) is 6.54 Å². The standard InChI is InChI=1S/C12H17BrN2O/c1-3-15-11(10(13)7-14-15)12(16)9-5-4-8(2)6-9/h7-9H,3-6H2,1-2H3. The van der Waals surface area contributed by atoms with Crippen LogP contribution in [0.5, 0.6) is 0 Å². The Kier molecular flexibility index (Phi) is 3.47. The molecular weight excluding hydrogens is 268 g/mol. The first-order valence-electron chi connectivity index (χ1n) is 5.89. The molecule has 1 saturated carbocycles. The summed E-state index contributed by atoms with van der Waals surface area (Å²) in [7, 11) is 0. The van der Waals surface area contributed by atoms with Gasteiger partial charge in [0, 0.05) is 12.5 Å². The molecule has 1 aliphatic rings. The second kappa shape index (κ2) is 4.70. The Labute approximate surface area is 104 Å². The van der Waals surface area contributed by atoms with Crippen LogP contribution in [0.25, 0.3) is 0 Å². The second-order valence-electron chi connectivity index (χ2n) is 4.64. The highest BCUT2D eigenvalue weighted by Crippen LogP contribution is 2.34. The maximum absolute atomic E-state index is 12.4. The molecule has 3 nitrogen and oxygen atoms in total. The zero-order chi connectivity index (χ0) is 11.7. The fourth-order valence-corrected chi connectivity index (χ4v) is 2.98. The zero-order valence-corrected chi connectivity index (χ0v) is 11.3. The van der Waals surface area contributed by atoms with E-state index in [4.69, 9.17) is 0 Å². The Hall–Kier alpha value is -0.640. The number of carbonyl (C=O) groups excluding carboxylic acids is 1. The van der Waals surface area contributed by atoms with Crippen molar-refractivity contribution >= 4 is 21.7 Å². The molecule has 1 fully saturated rings. The summed E-state index contributed by atoms with van der Waals surface area (Å²) in [5.74, 6) is 1.15. The smallest absolute Gasteiger partial charge is 0.185 e. The topological polar surface area (TPSA) is 34.9 Å². The molecule has 16 heavy (non-hydrogen) atoms. The predicted molar refractivity (Wildman–Crippen MR) is 66.4 cm³/mol. The van der Waals surface area contributed by atoms with Crippen molar-refractivity contribution in [3.05, 3.63) is 16.4 Å². The average molecular weight is 285 g/mol. The van der Waals surface area contributed by atoms with Gasteiger partial charge in [0.15, 0.2) is 5.78 Å². The van der Waals surface area contributed by atoms with Crippen molar-refractivity contribution in [3.63, 3.8) is 0 Å². The molecule has 1 aromatic heterocycles. The molecule has 0 bridgehead atoms. The summed E-state index contributed by atoms with van der Waals surface area (Å²) in [6, 6.07) is 0. The molecular formula is C12H17BrN2O. The maximum atomic E-state index is 12.4. The van der Waals surface area contributed by atoms with Crippen molar-refractivity contribution in [3.8, 4) is 0 Å². The number of aryl methyl sites for hydroxylation is 1. The van der Waals surface area contributed by atoms with Crippen molar-refractivity contribution < 1.29 is 4.79 Å². The molecule has 2 unspecified atom stereocenters. The molecule has 0 spiro atoms. The molecule has 2 atom stereocenters. The van der Waals surface area contributed by atoms with Crippen LogP contribution in [-0.4, -0.2) is 15.6 Å². The van der Waals surface area contributed by atoms with Gasteiger partial charge in [-0.15, -0.1) is 0 Å². The lowest BCUT2D eigenvalue weighted by Crippen LogP contribution is -2.17. The van der Waals surface area contributed by atoms with Crippen molar-refractivity contribution in [1.82, 2.24) is 9.78 Å². The van der Waals surface area contributed by atoms with E-state index in [1.54, 1.807) is 10.9 Å². The molecule has 0 saturated heterocycles. The number of rotatable bonds is 3. The lowest BCUT2D eigenvalue weighted by Gasteiger charge is -2.10. The van der Waals surface area contributed by atoms with Crippen molar-refractivity contribution in [2.75, 3.05) is 0 Å². The Balaban J connectivity index is 2.23. The summed E-state index contributed by atoms with van der Waals surface area (Å²) in [4.78, 5) is 12.4. The first-order valence-corrected chi connectivity index (χ1v) is 6.68. The minimum atomic E-state index is 0.202. The van der Waals surface area contributed by atoms with E-state index in [1.165, 1.54) is 6.42 Å². The largest absolute Gasteiger partial charge is 0.292 e. The average Bonchev–Trinajstić information content (AvgIpc) is 2.83. The van der Waals surface area contributed by atoms with Gasteiger partial charge in [-0.25, -0.2) is 0 Å². The summed E-state index contributed by atoms with van der Waals surface area (Å²) in [6.45, 7) is 4.97. The normalized spacial score (nSPS) is 24.9. The van der Waals surface area contributed by atoms with E-state index in [0.29, 0.717) is 5.92 Å². The molecule has 4 heteroatoms. The molecule has 1 aliphatic carbocycles. The van der Waals surface area contributed by atoms with E-state index >= 15 is 0 Å². The third-order valence-electron chi connectivity index (χ3n) is 3.39. The molecule has 0 aromatic carbocycles. The fourth-order valence-electron chi connectivity index (χ4n) is 2.49. The Morgan fingerprint density at radius 3 is 2.94 bits per heavy atom. The van der Waals surface area contributed by atoms with E-state index in [9.17, 15) is 4.79 Å². The van der Waals surface area contributed by atoms with Crippen LogP contribution >= 0.6 is 15.9 Å². The van der Waals surface area contributed by atoms with Crippen molar-refractivity contribution in [2.24, 2.45) is 11.8 Å². The van der Waals surface area contributed by atoms with Crippen LogP contribution in [0, 0.1) is 11.8 Å². The van der Waals surface area contributed by atoms with Gasteiger partial charge in [0.1, 0.15) is 5.69 Å². The minimum absolute atomic E-state index is 0.202. The molecule has 0 N–H and O–H groups in total. The van der Waals surface area contributed by atoms with Gasteiger partial charge in [0.2, 0.25) is 0 Å². The van der Waals surface area contributed by atoms with E-state index < -0.39 is 0 Å². The summed E-state index contributed by atoms with van der Waals surface area (Å²) < 4.78 is 2.62. The lowest BCUT2D eigenvalue weighted by atomic mass is 9.99. The third kappa shape index (κ3) is 2.08. The number of carbonyl (C=O) groups is 1. The lowest BCUT2D eigenvalue weighted by molar-refractivity contribution is 0.0908. The molecule has 2 rings (SSSR count). The van der Waals surface area contributed by atoms with Crippen molar-refractivity contribution in [2.45, 2.75) is 39.7 Å². The van der Waals surface area contributed by atoms with Gasteiger partial charge < -0.3 is 0 Å². The number of halogens is 1. The number of aromatic nitrogens is 2. The molecule has 1 aromatic rings. The number of Topliss-reactive ketones (excluding diaryl/α,β-unsaturated/α-hetero) is 1. The van der Waals surface area contributed by atoms with Crippen LogP contribution in [0.3, 0.4) is 0 Å². The predicted octanol–water partition coefficient (Wildman–Crippen LogP) is 3.28. The Morgan fingerprint density at radius 2 is 2.38 bits per heavy atom. The van der Waals surface area contributed by atoms with Crippen LogP contribution in [0.15, 0.2) is 10.7 Å².